The second-order valence-corrected chi connectivity index (χ2v) is 5.99. The van der Waals surface area contributed by atoms with E-state index in [2.05, 4.69) is 39.0 Å². The fourth-order valence-corrected chi connectivity index (χ4v) is 2.59. The van der Waals surface area contributed by atoms with Gasteiger partial charge in [-0.1, -0.05) is 6.92 Å². The standard InChI is InChI=1S/C15H27N5O/c1-6-16-13-17-14(19-15(18-13)21-10(2)3)20-9-7-8-11(4)12(20)5/h10-12H,6-9H2,1-5H3,(H,16,17,18,19). The number of piperidine rings is 1. The van der Waals surface area contributed by atoms with Gasteiger partial charge < -0.3 is 15.0 Å². The molecule has 0 aromatic carbocycles. The minimum absolute atomic E-state index is 0.0485. The summed E-state index contributed by atoms with van der Waals surface area (Å²) in [4.78, 5) is 15.6. The van der Waals surface area contributed by atoms with Crippen molar-refractivity contribution in [1.29, 1.82) is 0 Å². The Morgan fingerprint density at radius 1 is 1.29 bits per heavy atom. The van der Waals surface area contributed by atoms with Crippen molar-refractivity contribution < 1.29 is 4.74 Å². The lowest BCUT2D eigenvalue weighted by molar-refractivity contribution is 0.221. The van der Waals surface area contributed by atoms with Gasteiger partial charge in [-0.05, 0) is 46.5 Å². The second-order valence-electron chi connectivity index (χ2n) is 5.99. The molecule has 2 unspecified atom stereocenters. The van der Waals surface area contributed by atoms with Crippen molar-refractivity contribution in [1.82, 2.24) is 15.0 Å². The van der Waals surface area contributed by atoms with Crippen LogP contribution in [0.25, 0.3) is 0 Å². The Hall–Kier alpha value is -1.59. The fourth-order valence-electron chi connectivity index (χ4n) is 2.59. The van der Waals surface area contributed by atoms with Gasteiger partial charge in [0.15, 0.2) is 0 Å². The number of hydrogen-bond acceptors (Lipinski definition) is 6. The van der Waals surface area contributed by atoms with Crippen LogP contribution in [0, 0.1) is 5.92 Å². The maximum atomic E-state index is 5.67. The van der Waals surface area contributed by atoms with E-state index in [-0.39, 0.29) is 6.10 Å². The molecule has 0 radical (unpaired) electrons. The van der Waals surface area contributed by atoms with Crippen LogP contribution in [0.4, 0.5) is 11.9 Å². The second kappa shape index (κ2) is 6.91. The van der Waals surface area contributed by atoms with E-state index >= 15 is 0 Å². The topological polar surface area (TPSA) is 63.2 Å². The van der Waals surface area contributed by atoms with Crippen LogP contribution in [0.5, 0.6) is 6.01 Å². The predicted octanol–water partition coefficient (Wildman–Crippen LogP) is 2.72. The summed E-state index contributed by atoms with van der Waals surface area (Å²) in [5, 5.41) is 3.16. The number of hydrogen-bond donors (Lipinski definition) is 1. The van der Waals surface area contributed by atoms with E-state index in [1.807, 2.05) is 20.8 Å². The Bertz CT molecular complexity index is 465. The Morgan fingerprint density at radius 3 is 2.71 bits per heavy atom. The van der Waals surface area contributed by atoms with E-state index in [0.717, 1.165) is 19.0 Å². The number of nitrogens with zero attached hydrogens (tertiary/aromatic N) is 4. The highest BCUT2D eigenvalue weighted by Crippen LogP contribution is 2.27. The predicted molar refractivity (Wildman–Crippen MR) is 85.0 cm³/mol. The van der Waals surface area contributed by atoms with Crippen molar-refractivity contribution >= 4 is 11.9 Å². The summed E-state index contributed by atoms with van der Waals surface area (Å²) in [7, 11) is 0. The third-order valence-electron chi connectivity index (χ3n) is 3.91. The molecule has 0 aliphatic carbocycles. The van der Waals surface area contributed by atoms with Crippen molar-refractivity contribution in [3.8, 4) is 6.01 Å². The summed E-state index contributed by atoms with van der Waals surface area (Å²) in [5.41, 5.74) is 0. The smallest absolute Gasteiger partial charge is 0.323 e. The van der Waals surface area contributed by atoms with Gasteiger partial charge >= 0.3 is 6.01 Å². The minimum atomic E-state index is 0.0485. The molecule has 1 saturated heterocycles. The molecule has 0 amide bonds. The molecule has 1 aromatic rings. The van der Waals surface area contributed by atoms with Gasteiger partial charge in [-0.3, -0.25) is 0 Å². The van der Waals surface area contributed by atoms with Crippen molar-refractivity contribution in [2.75, 3.05) is 23.3 Å². The monoisotopic (exact) mass is 293 g/mol. The first kappa shape index (κ1) is 15.8. The minimum Gasteiger partial charge on any atom is -0.461 e. The van der Waals surface area contributed by atoms with E-state index < -0.39 is 0 Å². The molecule has 2 atom stereocenters. The van der Waals surface area contributed by atoms with Gasteiger partial charge in [-0.2, -0.15) is 15.0 Å². The van der Waals surface area contributed by atoms with Crippen molar-refractivity contribution in [3.63, 3.8) is 0 Å². The van der Waals surface area contributed by atoms with E-state index in [9.17, 15) is 0 Å². The van der Waals surface area contributed by atoms with Gasteiger partial charge in [-0.25, -0.2) is 0 Å². The van der Waals surface area contributed by atoms with E-state index in [0.29, 0.717) is 23.9 Å². The average Bonchev–Trinajstić information content (AvgIpc) is 2.41. The Kier molecular flexibility index (Phi) is 5.20. The quantitative estimate of drug-likeness (QED) is 0.900. The lowest BCUT2D eigenvalue weighted by Gasteiger charge is -2.37. The lowest BCUT2D eigenvalue weighted by atomic mass is 9.92. The van der Waals surface area contributed by atoms with Crippen molar-refractivity contribution in [3.05, 3.63) is 0 Å². The number of aromatic nitrogens is 3. The average molecular weight is 293 g/mol. The Morgan fingerprint density at radius 2 is 2.05 bits per heavy atom. The van der Waals surface area contributed by atoms with Crippen LogP contribution in [-0.2, 0) is 0 Å². The van der Waals surface area contributed by atoms with Crippen LogP contribution >= 0.6 is 0 Å². The van der Waals surface area contributed by atoms with Crippen LogP contribution in [0.1, 0.15) is 47.5 Å². The van der Waals surface area contributed by atoms with Crippen LogP contribution < -0.4 is 15.0 Å². The largest absolute Gasteiger partial charge is 0.461 e. The Labute approximate surface area is 127 Å². The molecule has 2 heterocycles. The summed E-state index contributed by atoms with van der Waals surface area (Å²) < 4.78 is 5.67. The molecular weight excluding hydrogens is 266 g/mol. The van der Waals surface area contributed by atoms with E-state index in [1.54, 1.807) is 0 Å². The first-order chi connectivity index (χ1) is 10.0. The lowest BCUT2D eigenvalue weighted by Crippen LogP contribution is -2.43. The van der Waals surface area contributed by atoms with E-state index in [4.69, 9.17) is 4.74 Å². The summed E-state index contributed by atoms with van der Waals surface area (Å²) in [6, 6.07) is 0.832. The molecule has 0 spiro atoms. The van der Waals surface area contributed by atoms with Crippen molar-refractivity contribution in [2.24, 2.45) is 5.92 Å². The summed E-state index contributed by atoms with van der Waals surface area (Å²) in [6.07, 6.45) is 2.49. The summed E-state index contributed by atoms with van der Waals surface area (Å²) >= 11 is 0. The van der Waals surface area contributed by atoms with Gasteiger partial charge in [0.2, 0.25) is 11.9 Å². The van der Waals surface area contributed by atoms with Crippen molar-refractivity contribution in [2.45, 2.75) is 59.6 Å². The maximum absolute atomic E-state index is 5.67. The van der Waals surface area contributed by atoms with Gasteiger partial charge in [0.05, 0.1) is 6.10 Å². The molecule has 1 aromatic heterocycles. The summed E-state index contributed by atoms with van der Waals surface area (Å²) in [6.45, 7) is 12.3. The maximum Gasteiger partial charge on any atom is 0.323 e. The zero-order valence-electron chi connectivity index (χ0n) is 13.8. The molecule has 2 rings (SSSR count). The molecule has 6 heteroatoms. The summed E-state index contributed by atoms with van der Waals surface area (Å²) in [5.74, 6) is 1.95. The third-order valence-corrected chi connectivity index (χ3v) is 3.91. The molecule has 0 bridgehead atoms. The van der Waals surface area contributed by atoms with Gasteiger partial charge in [0.1, 0.15) is 0 Å². The van der Waals surface area contributed by atoms with Gasteiger partial charge in [-0.15, -0.1) is 0 Å². The van der Waals surface area contributed by atoms with Gasteiger partial charge in [0.25, 0.3) is 0 Å². The number of anilines is 2. The van der Waals surface area contributed by atoms with Crippen LogP contribution in [0.2, 0.25) is 0 Å². The molecule has 6 nitrogen and oxygen atoms in total. The number of rotatable bonds is 5. The van der Waals surface area contributed by atoms with Crippen LogP contribution in [-0.4, -0.2) is 40.2 Å². The highest BCUT2D eigenvalue weighted by molar-refractivity contribution is 5.40. The zero-order valence-corrected chi connectivity index (χ0v) is 13.8. The fraction of sp³-hybridized carbons (Fsp3) is 0.800. The molecule has 1 aliphatic rings. The molecular formula is C15H27N5O. The molecule has 1 fully saturated rings. The first-order valence-electron chi connectivity index (χ1n) is 7.94. The van der Waals surface area contributed by atoms with Crippen LogP contribution in [0.3, 0.4) is 0 Å². The normalized spacial score (nSPS) is 22.5. The molecule has 1 N–H and O–H groups in total. The first-order valence-corrected chi connectivity index (χ1v) is 7.94. The number of ether oxygens (including phenoxy) is 1. The molecule has 0 saturated carbocycles. The highest BCUT2D eigenvalue weighted by atomic mass is 16.5. The molecule has 1 aliphatic heterocycles. The molecule has 21 heavy (non-hydrogen) atoms. The Balaban J connectivity index is 2.29. The molecule has 118 valence electrons. The van der Waals surface area contributed by atoms with Gasteiger partial charge in [0, 0.05) is 19.1 Å². The highest BCUT2D eigenvalue weighted by Gasteiger charge is 2.27. The third kappa shape index (κ3) is 3.95. The number of nitrogens with one attached hydrogen (secondary N) is 1. The van der Waals surface area contributed by atoms with E-state index in [1.165, 1.54) is 12.8 Å². The van der Waals surface area contributed by atoms with Crippen LogP contribution in [0.15, 0.2) is 0 Å². The SMILES string of the molecule is CCNc1nc(OC(C)C)nc(N2CCCC(C)C2C)n1. The zero-order chi connectivity index (χ0) is 15.4.